The fourth-order valence-corrected chi connectivity index (χ4v) is 0.647. The summed E-state index contributed by atoms with van der Waals surface area (Å²) in [5.74, 6) is 0. The molecule has 0 atom stereocenters. The van der Waals surface area contributed by atoms with Gasteiger partial charge in [0.1, 0.15) is 11.4 Å². The van der Waals surface area contributed by atoms with E-state index in [2.05, 4.69) is 14.9 Å². The second kappa shape index (κ2) is 3.71. The third-order valence-electron chi connectivity index (χ3n) is 1.25. The third kappa shape index (κ3) is 2.04. The van der Waals surface area contributed by atoms with Crippen molar-refractivity contribution in [2.24, 2.45) is 0 Å². The lowest BCUT2D eigenvalue weighted by Gasteiger charge is -1.78. The fourth-order valence-electron chi connectivity index (χ4n) is 0.647. The minimum atomic E-state index is 0.781. The second-order valence-electron chi connectivity index (χ2n) is 2.12. The average Bonchev–Trinajstić information content (AvgIpc) is 2.37. The Bertz CT molecular complexity index is 273. The molecule has 3 heteroatoms. The van der Waals surface area contributed by atoms with Crippen LogP contribution in [0, 0.1) is 6.92 Å². The Morgan fingerprint density at radius 3 is 2.64 bits per heavy atom. The van der Waals surface area contributed by atoms with Crippen molar-refractivity contribution in [3.63, 3.8) is 0 Å². The highest BCUT2D eigenvalue weighted by Gasteiger charge is 1.97. The van der Waals surface area contributed by atoms with Gasteiger partial charge in [0.2, 0.25) is 0 Å². The molecule has 0 radical (unpaired) electrons. The molecular formula is C8H10N2O. The Balaban J connectivity index is 2.71. The lowest BCUT2D eigenvalue weighted by atomic mass is 10.3. The molecule has 0 aromatic carbocycles. The van der Waals surface area contributed by atoms with E-state index in [4.69, 9.17) is 0 Å². The van der Waals surface area contributed by atoms with Crippen molar-refractivity contribution in [1.82, 2.24) is 10.3 Å². The molecule has 3 nitrogen and oxygen atoms in total. The molecule has 11 heavy (non-hydrogen) atoms. The molecule has 0 saturated carbocycles. The molecule has 0 unspecified atom stereocenters. The van der Waals surface area contributed by atoms with Crippen LogP contribution in [-0.4, -0.2) is 10.3 Å². The molecule has 0 amide bonds. The maximum atomic E-state index is 4.50. The SMILES string of the molecule is C/C=C\C=C/c1nonc1C. The van der Waals surface area contributed by atoms with E-state index in [1.54, 1.807) is 0 Å². The number of rotatable bonds is 2. The minimum Gasteiger partial charge on any atom is -0.244 e. The summed E-state index contributed by atoms with van der Waals surface area (Å²) >= 11 is 0. The fraction of sp³-hybridized carbons (Fsp3) is 0.250. The van der Waals surface area contributed by atoms with E-state index in [9.17, 15) is 0 Å². The van der Waals surface area contributed by atoms with Gasteiger partial charge in [-0.05, 0) is 19.9 Å². The molecule has 0 saturated heterocycles. The van der Waals surface area contributed by atoms with Crippen molar-refractivity contribution in [3.8, 4) is 0 Å². The number of aryl methyl sites for hydroxylation is 1. The zero-order valence-electron chi connectivity index (χ0n) is 6.61. The number of nitrogens with zero attached hydrogens (tertiary/aromatic N) is 2. The second-order valence-corrected chi connectivity index (χ2v) is 2.12. The first-order valence-corrected chi connectivity index (χ1v) is 3.43. The van der Waals surface area contributed by atoms with Crippen LogP contribution in [0.1, 0.15) is 18.3 Å². The lowest BCUT2D eigenvalue weighted by molar-refractivity contribution is 0.304. The molecule has 1 heterocycles. The van der Waals surface area contributed by atoms with Crippen molar-refractivity contribution in [1.29, 1.82) is 0 Å². The van der Waals surface area contributed by atoms with Crippen molar-refractivity contribution >= 4 is 6.08 Å². The standard InChI is InChI=1S/C8H10N2O/c1-3-4-5-6-8-7(2)9-11-10-8/h3-6H,1-2H3/b4-3-,6-5-. The predicted octanol–water partition coefficient (Wildman–Crippen LogP) is 1.97. The Morgan fingerprint density at radius 1 is 1.27 bits per heavy atom. The van der Waals surface area contributed by atoms with Crippen molar-refractivity contribution in [2.75, 3.05) is 0 Å². The van der Waals surface area contributed by atoms with Gasteiger partial charge in [-0.1, -0.05) is 28.5 Å². The van der Waals surface area contributed by atoms with Crippen LogP contribution in [0.25, 0.3) is 6.08 Å². The van der Waals surface area contributed by atoms with Crippen molar-refractivity contribution in [3.05, 3.63) is 29.6 Å². The van der Waals surface area contributed by atoms with Crippen LogP contribution in [-0.2, 0) is 0 Å². The van der Waals surface area contributed by atoms with E-state index >= 15 is 0 Å². The summed E-state index contributed by atoms with van der Waals surface area (Å²) in [6, 6.07) is 0. The first kappa shape index (κ1) is 7.72. The summed E-state index contributed by atoms with van der Waals surface area (Å²) in [5.41, 5.74) is 1.59. The van der Waals surface area contributed by atoms with Crippen LogP contribution in [0.2, 0.25) is 0 Å². The number of hydrogen-bond acceptors (Lipinski definition) is 3. The van der Waals surface area contributed by atoms with Crippen molar-refractivity contribution in [2.45, 2.75) is 13.8 Å². The van der Waals surface area contributed by atoms with Crippen LogP contribution in [0.5, 0.6) is 0 Å². The average molecular weight is 150 g/mol. The Hall–Kier alpha value is -1.38. The van der Waals surface area contributed by atoms with Gasteiger partial charge in [0.25, 0.3) is 0 Å². The molecule has 1 rings (SSSR count). The van der Waals surface area contributed by atoms with E-state index in [1.807, 2.05) is 38.2 Å². The molecule has 1 aromatic rings. The largest absolute Gasteiger partial charge is 0.244 e. The summed E-state index contributed by atoms with van der Waals surface area (Å²) in [6.45, 7) is 3.81. The number of allylic oxidation sites excluding steroid dienone is 3. The highest BCUT2D eigenvalue weighted by Crippen LogP contribution is 2.02. The molecule has 58 valence electrons. The first-order valence-electron chi connectivity index (χ1n) is 3.43. The Morgan fingerprint density at radius 2 is 2.09 bits per heavy atom. The van der Waals surface area contributed by atoms with Gasteiger partial charge in [-0.25, -0.2) is 4.63 Å². The van der Waals surface area contributed by atoms with Gasteiger partial charge in [0.15, 0.2) is 0 Å². The van der Waals surface area contributed by atoms with Gasteiger partial charge in [-0.3, -0.25) is 0 Å². The summed E-state index contributed by atoms with van der Waals surface area (Å²) in [7, 11) is 0. The smallest absolute Gasteiger partial charge is 0.130 e. The van der Waals surface area contributed by atoms with Crippen LogP contribution < -0.4 is 0 Å². The first-order chi connectivity index (χ1) is 5.34. The zero-order chi connectivity index (χ0) is 8.10. The third-order valence-corrected chi connectivity index (χ3v) is 1.25. The summed E-state index contributed by atoms with van der Waals surface area (Å²) < 4.78 is 4.50. The maximum Gasteiger partial charge on any atom is 0.130 e. The van der Waals surface area contributed by atoms with Gasteiger partial charge in [0, 0.05) is 0 Å². The van der Waals surface area contributed by atoms with E-state index in [1.165, 1.54) is 0 Å². The molecule has 0 aliphatic carbocycles. The molecule has 0 bridgehead atoms. The molecule has 0 fully saturated rings. The van der Waals surface area contributed by atoms with Crippen LogP contribution >= 0.6 is 0 Å². The highest BCUT2D eigenvalue weighted by atomic mass is 16.6. The monoisotopic (exact) mass is 150 g/mol. The van der Waals surface area contributed by atoms with E-state index < -0.39 is 0 Å². The maximum absolute atomic E-state index is 4.50. The molecule has 0 N–H and O–H groups in total. The Labute approximate surface area is 65.4 Å². The molecular weight excluding hydrogens is 140 g/mol. The number of aromatic nitrogens is 2. The van der Waals surface area contributed by atoms with Crippen LogP contribution in [0.4, 0.5) is 0 Å². The predicted molar refractivity (Wildman–Crippen MR) is 42.9 cm³/mol. The topological polar surface area (TPSA) is 38.9 Å². The molecule has 0 aliphatic rings. The van der Waals surface area contributed by atoms with E-state index in [0.717, 1.165) is 11.4 Å². The van der Waals surface area contributed by atoms with E-state index in [0.29, 0.717) is 0 Å². The van der Waals surface area contributed by atoms with Crippen LogP contribution in [0.15, 0.2) is 22.9 Å². The van der Waals surface area contributed by atoms with E-state index in [-0.39, 0.29) is 0 Å². The van der Waals surface area contributed by atoms with Crippen molar-refractivity contribution < 1.29 is 4.63 Å². The quantitative estimate of drug-likeness (QED) is 0.605. The summed E-state index contributed by atoms with van der Waals surface area (Å²) in [4.78, 5) is 0. The minimum absolute atomic E-state index is 0.781. The van der Waals surface area contributed by atoms with Crippen LogP contribution in [0.3, 0.4) is 0 Å². The van der Waals surface area contributed by atoms with Gasteiger partial charge >= 0.3 is 0 Å². The molecule has 1 aromatic heterocycles. The summed E-state index contributed by atoms with van der Waals surface area (Å²) in [6.07, 6.45) is 7.62. The lowest BCUT2D eigenvalue weighted by Crippen LogP contribution is -1.74. The summed E-state index contributed by atoms with van der Waals surface area (Å²) in [5, 5.41) is 7.31. The zero-order valence-corrected chi connectivity index (χ0v) is 6.61. The Kier molecular flexibility index (Phi) is 2.60. The molecule has 0 spiro atoms. The van der Waals surface area contributed by atoms with Gasteiger partial charge in [-0.15, -0.1) is 0 Å². The van der Waals surface area contributed by atoms with Gasteiger partial charge < -0.3 is 0 Å². The van der Waals surface area contributed by atoms with Gasteiger partial charge in [-0.2, -0.15) is 0 Å². The highest BCUT2D eigenvalue weighted by molar-refractivity contribution is 5.47. The normalized spacial score (nSPS) is 11.8. The van der Waals surface area contributed by atoms with Gasteiger partial charge in [0.05, 0.1) is 0 Å². The number of hydrogen-bond donors (Lipinski definition) is 0. The molecule has 0 aliphatic heterocycles.